The van der Waals surface area contributed by atoms with Crippen LogP contribution in [0.2, 0.25) is 0 Å². The first-order valence-corrected chi connectivity index (χ1v) is 9.64. The van der Waals surface area contributed by atoms with Crippen molar-refractivity contribution in [3.05, 3.63) is 12.7 Å². The highest BCUT2D eigenvalue weighted by atomic mass is 35.5. The lowest BCUT2D eigenvalue weighted by Gasteiger charge is -2.18. The van der Waals surface area contributed by atoms with E-state index in [1.807, 2.05) is 40.7 Å². The van der Waals surface area contributed by atoms with Crippen molar-refractivity contribution < 1.29 is 0 Å². The summed E-state index contributed by atoms with van der Waals surface area (Å²) in [5, 5.41) is 12.6. The second kappa shape index (κ2) is 12.5. The van der Waals surface area contributed by atoms with Gasteiger partial charge in [0.2, 0.25) is 0 Å². The molecular weight excluding hydrogens is 332 g/mol. The number of unbranched alkanes of at least 4 members (excludes halogenated alkanes) is 1. The van der Waals surface area contributed by atoms with Crippen molar-refractivity contribution in [3.63, 3.8) is 0 Å². The molecule has 0 amide bonds. The zero-order chi connectivity index (χ0) is 20.1. The lowest BCUT2D eigenvalue weighted by Crippen LogP contribution is -2.32. The first-order valence-electron chi connectivity index (χ1n) is 9.26. The monoisotopic (exact) mass is 372 g/mol. The van der Waals surface area contributed by atoms with Gasteiger partial charge in [-0.25, -0.2) is 0 Å². The normalized spacial score (nSPS) is 15.4. The second-order valence-corrected chi connectivity index (χ2v) is 9.47. The molecule has 0 radical (unpaired) electrons. The van der Waals surface area contributed by atoms with Crippen LogP contribution in [0.3, 0.4) is 0 Å². The largest absolute Gasteiger partial charge is 0.305 e. The molecule has 0 aromatic carbocycles. The molecule has 5 heteroatoms. The minimum absolute atomic E-state index is 0.0649. The van der Waals surface area contributed by atoms with Gasteiger partial charge in [-0.1, -0.05) is 31.0 Å². The third-order valence-electron chi connectivity index (χ3n) is 2.84. The predicted molar refractivity (Wildman–Crippen MR) is 114 cm³/mol. The Labute approximate surface area is 161 Å². The van der Waals surface area contributed by atoms with Crippen molar-refractivity contribution in [1.82, 2.24) is 5.43 Å². The third-order valence-corrected chi connectivity index (χ3v) is 3.10. The fourth-order valence-electron chi connectivity index (χ4n) is 1.43. The minimum Gasteiger partial charge on any atom is -0.305 e. The summed E-state index contributed by atoms with van der Waals surface area (Å²) in [4.78, 5) is -0.511. The van der Waals surface area contributed by atoms with Crippen molar-refractivity contribution in [2.75, 3.05) is 0 Å². The van der Waals surface area contributed by atoms with Gasteiger partial charge < -0.3 is 5.43 Å². The van der Waals surface area contributed by atoms with E-state index in [1.54, 1.807) is 0 Å². The molecule has 0 aliphatic rings. The molecule has 0 saturated heterocycles. The summed E-state index contributed by atoms with van der Waals surface area (Å²) < 4.78 is 0. The van der Waals surface area contributed by atoms with Crippen molar-refractivity contribution in [2.24, 2.45) is 15.3 Å². The molecule has 25 heavy (non-hydrogen) atoms. The van der Waals surface area contributed by atoms with Gasteiger partial charge in [-0.3, -0.25) is 0 Å². The lowest BCUT2D eigenvalue weighted by molar-refractivity contribution is 0.440. The third kappa shape index (κ3) is 23.1. The maximum atomic E-state index is 6.16. The molecule has 0 spiro atoms. The average Bonchev–Trinajstić information content (AvgIpc) is 2.46. The molecule has 0 fully saturated rings. The van der Waals surface area contributed by atoms with Crippen molar-refractivity contribution in [3.8, 4) is 0 Å². The van der Waals surface area contributed by atoms with E-state index < -0.39 is 5.00 Å². The second-order valence-electron chi connectivity index (χ2n) is 8.65. The molecule has 1 atom stereocenters. The number of hydrazone groups is 1. The van der Waals surface area contributed by atoms with Gasteiger partial charge in [0.25, 0.3) is 0 Å². The molecule has 0 heterocycles. The molecular formula is C20H41ClN4. The fraction of sp³-hybridized carbons (Fsp3) is 0.850. The van der Waals surface area contributed by atoms with Crippen LogP contribution in [0.1, 0.15) is 94.4 Å². The smallest absolute Gasteiger partial charge is 0.151 e. The van der Waals surface area contributed by atoms with E-state index in [2.05, 4.69) is 55.0 Å². The standard InChI is InChI=1S/C10H21ClN2.C10H20N2/c1-6-7-8-10(5,11)13-12-9(2,3)4;1-6-7-8-9(2)11-12-10(3,4)5/h6-8H2,1-5H3;6,12H,1,7-8H2,2-5H3. The van der Waals surface area contributed by atoms with Gasteiger partial charge in [0.15, 0.2) is 5.00 Å². The topological polar surface area (TPSA) is 49.1 Å². The quantitative estimate of drug-likeness (QED) is 0.121. The highest BCUT2D eigenvalue weighted by molar-refractivity contribution is 6.23. The van der Waals surface area contributed by atoms with Crippen LogP contribution in [-0.2, 0) is 0 Å². The minimum atomic E-state index is -0.511. The average molecular weight is 373 g/mol. The summed E-state index contributed by atoms with van der Waals surface area (Å²) in [6, 6.07) is 0. The van der Waals surface area contributed by atoms with Gasteiger partial charge in [0.05, 0.1) is 5.54 Å². The SMILES string of the molecule is C=CCCC(C)=NNC(C)(C)C.CCCCC(C)(Cl)N=NC(C)(C)C. The Morgan fingerprint density at radius 1 is 1.08 bits per heavy atom. The summed E-state index contributed by atoms with van der Waals surface area (Å²) in [5.41, 5.74) is 4.16. The Balaban J connectivity index is 0. The Morgan fingerprint density at radius 2 is 1.64 bits per heavy atom. The number of allylic oxidation sites excluding steroid dienone is 1. The molecule has 4 nitrogen and oxygen atoms in total. The van der Waals surface area contributed by atoms with E-state index in [0.29, 0.717) is 0 Å². The number of alkyl halides is 1. The maximum Gasteiger partial charge on any atom is 0.151 e. The van der Waals surface area contributed by atoms with Crippen LogP contribution in [0.15, 0.2) is 28.0 Å². The van der Waals surface area contributed by atoms with Gasteiger partial charge in [-0.05, 0) is 81.1 Å². The maximum absolute atomic E-state index is 6.16. The van der Waals surface area contributed by atoms with Crippen molar-refractivity contribution in [2.45, 2.75) is 110 Å². The first-order chi connectivity index (χ1) is 11.2. The summed E-state index contributed by atoms with van der Waals surface area (Å²) in [6.07, 6.45) is 7.05. The fourth-order valence-corrected chi connectivity index (χ4v) is 1.61. The number of hydrogen-bond acceptors (Lipinski definition) is 4. The summed E-state index contributed by atoms with van der Waals surface area (Å²) in [5.74, 6) is 0. The van der Waals surface area contributed by atoms with Gasteiger partial charge in [-0.15, -0.1) is 6.58 Å². The van der Waals surface area contributed by atoms with E-state index >= 15 is 0 Å². The lowest BCUT2D eigenvalue weighted by atomic mass is 10.1. The molecule has 1 unspecified atom stereocenters. The molecule has 0 aliphatic heterocycles. The van der Waals surface area contributed by atoms with E-state index in [4.69, 9.17) is 11.6 Å². The highest BCUT2D eigenvalue weighted by Gasteiger charge is 2.20. The highest BCUT2D eigenvalue weighted by Crippen LogP contribution is 2.25. The van der Waals surface area contributed by atoms with E-state index in [9.17, 15) is 0 Å². The number of halogens is 1. The Hall–Kier alpha value is -0.900. The zero-order valence-electron chi connectivity index (χ0n) is 18.0. The van der Waals surface area contributed by atoms with Crippen LogP contribution in [-0.4, -0.2) is 21.8 Å². The first kappa shape index (κ1) is 26.3. The molecule has 0 aliphatic carbocycles. The van der Waals surface area contributed by atoms with Crippen LogP contribution >= 0.6 is 11.6 Å². The molecule has 0 saturated carbocycles. The van der Waals surface area contributed by atoms with Crippen molar-refractivity contribution >= 4 is 17.3 Å². The van der Waals surface area contributed by atoms with Gasteiger partial charge in [-0.2, -0.15) is 15.3 Å². The number of azo groups is 1. The molecule has 0 aromatic rings. The van der Waals surface area contributed by atoms with Crippen molar-refractivity contribution in [1.29, 1.82) is 0 Å². The number of nitrogens with one attached hydrogen (secondary N) is 1. The van der Waals surface area contributed by atoms with Gasteiger partial charge in [0.1, 0.15) is 0 Å². The Morgan fingerprint density at radius 3 is 2.04 bits per heavy atom. The number of nitrogens with zero attached hydrogens (tertiary/aromatic N) is 3. The predicted octanol–water partition coefficient (Wildman–Crippen LogP) is 7.10. The summed E-state index contributed by atoms with van der Waals surface area (Å²) in [7, 11) is 0. The summed E-state index contributed by atoms with van der Waals surface area (Å²) >= 11 is 6.16. The van der Waals surface area contributed by atoms with E-state index in [0.717, 1.165) is 37.8 Å². The Kier molecular flexibility index (Phi) is 13.1. The van der Waals surface area contributed by atoms with E-state index in [1.165, 1.54) is 0 Å². The molecule has 0 bridgehead atoms. The number of rotatable bonds is 8. The molecule has 0 rings (SSSR count). The van der Waals surface area contributed by atoms with Crippen LogP contribution in [0, 0.1) is 0 Å². The molecule has 148 valence electrons. The number of hydrogen-bond donors (Lipinski definition) is 1. The van der Waals surface area contributed by atoms with Crippen LogP contribution < -0.4 is 5.43 Å². The van der Waals surface area contributed by atoms with Crippen LogP contribution in [0.5, 0.6) is 0 Å². The Bertz CT molecular complexity index is 412. The molecule has 0 aromatic heterocycles. The van der Waals surface area contributed by atoms with E-state index in [-0.39, 0.29) is 11.1 Å². The van der Waals surface area contributed by atoms with Crippen LogP contribution in [0.4, 0.5) is 0 Å². The molecule has 1 N–H and O–H groups in total. The van der Waals surface area contributed by atoms with Gasteiger partial charge in [0, 0.05) is 11.3 Å². The van der Waals surface area contributed by atoms with Gasteiger partial charge >= 0.3 is 0 Å². The zero-order valence-corrected chi connectivity index (χ0v) is 18.8. The summed E-state index contributed by atoms with van der Waals surface area (Å²) in [6.45, 7) is 22.1. The van der Waals surface area contributed by atoms with Crippen LogP contribution in [0.25, 0.3) is 0 Å².